The minimum Gasteiger partial charge on any atom is -0.389 e. The van der Waals surface area contributed by atoms with Crippen LogP contribution < -0.4 is 4.90 Å². The molecule has 1 atom stereocenters. The Morgan fingerprint density at radius 2 is 1.90 bits per heavy atom. The van der Waals surface area contributed by atoms with Crippen LogP contribution in [0.25, 0.3) is 0 Å². The van der Waals surface area contributed by atoms with Crippen molar-refractivity contribution in [3.63, 3.8) is 0 Å². The summed E-state index contributed by atoms with van der Waals surface area (Å²) in [6.07, 6.45) is -0.509. The van der Waals surface area contributed by atoms with Crippen LogP contribution in [0.2, 0.25) is 0 Å². The van der Waals surface area contributed by atoms with Crippen molar-refractivity contribution in [1.29, 1.82) is 5.26 Å². The normalized spacial score (nSPS) is 11.8. The molecule has 0 saturated heterocycles. The van der Waals surface area contributed by atoms with Crippen molar-refractivity contribution >= 4 is 27.3 Å². The third kappa shape index (κ3) is 3.01. The van der Waals surface area contributed by atoms with Crippen LogP contribution in [0.4, 0.5) is 11.4 Å². The van der Waals surface area contributed by atoms with Crippen molar-refractivity contribution in [2.24, 2.45) is 0 Å². The minimum absolute atomic E-state index is 0.509. The van der Waals surface area contributed by atoms with E-state index >= 15 is 0 Å². The van der Waals surface area contributed by atoms with Crippen molar-refractivity contribution in [1.82, 2.24) is 0 Å². The zero-order valence-corrected chi connectivity index (χ0v) is 12.9. The SMILES string of the molecule is CC(O)c1ccc(N(C)c2cccc(C#N)c2)cc1Br. The number of halogens is 1. The van der Waals surface area contributed by atoms with Crippen LogP contribution in [0.3, 0.4) is 0 Å². The number of benzene rings is 2. The lowest BCUT2D eigenvalue weighted by atomic mass is 10.1. The molecule has 1 N–H and O–H groups in total. The maximum absolute atomic E-state index is 9.64. The molecule has 0 aliphatic rings. The molecule has 1 unspecified atom stereocenters. The summed E-state index contributed by atoms with van der Waals surface area (Å²) in [5.41, 5.74) is 3.42. The molecular formula is C16H15BrN2O. The van der Waals surface area contributed by atoms with E-state index in [1.165, 1.54) is 0 Å². The lowest BCUT2D eigenvalue weighted by molar-refractivity contribution is 0.198. The van der Waals surface area contributed by atoms with Crippen LogP contribution in [-0.2, 0) is 0 Å². The number of anilines is 2. The Morgan fingerprint density at radius 3 is 2.50 bits per heavy atom. The van der Waals surface area contributed by atoms with Gasteiger partial charge in [0.25, 0.3) is 0 Å². The first-order valence-corrected chi connectivity index (χ1v) is 7.03. The summed E-state index contributed by atoms with van der Waals surface area (Å²) in [5, 5.41) is 18.6. The van der Waals surface area contributed by atoms with E-state index in [2.05, 4.69) is 22.0 Å². The van der Waals surface area contributed by atoms with Crippen LogP contribution in [0.1, 0.15) is 24.2 Å². The molecule has 2 aromatic carbocycles. The molecule has 102 valence electrons. The van der Waals surface area contributed by atoms with E-state index in [0.29, 0.717) is 5.56 Å². The molecule has 0 heterocycles. The van der Waals surface area contributed by atoms with Crippen LogP contribution >= 0.6 is 15.9 Å². The molecule has 0 saturated carbocycles. The second kappa shape index (κ2) is 6.08. The van der Waals surface area contributed by atoms with Gasteiger partial charge in [-0.1, -0.05) is 28.1 Å². The maximum atomic E-state index is 9.64. The average molecular weight is 331 g/mol. The van der Waals surface area contributed by atoms with Crippen molar-refractivity contribution in [2.75, 3.05) is 11.9 Å². The van der Waals surface area contributed by atoms with Crippen LogP contribution in [0.5, 0.6) is 0 Å². The Kier molecular flexibility index (Phi) is 4.43. The minimum atomic E-state index is -0.509. The molecule has 0 aliphatic heterocycles. The number of nitrogens with zero attached hydrogens (tertiary/aromatic N) is 2. The van der Waals surface area contributed by atoms with Gasteiger partial charge in [0.1, 0.15) is 0 Å². The molecule has 2 aromatic rings. The third-order valence-corrected chi connectivity index (χ3v) is 3.87. The molecule has 4 heteroatoms. The zero-order chi connectivity index (χ0) is 14.7. The molecule has 0 amide bonds. The molecule has 2 rings (SSSR count). The first-order valence-electron chi connectivity index (χ1n) is 6.24. The van der Waals surface area contributed by atoms with E-state index in [9.17, 15) is 5.11 Å². The fourth-order valence-electron chi connectivity index (χ4n) is 2.00. The second-order valence-electron chi connectivity index (χ2n) is 4.60. The van der Waals surface area contributed by atoms with E-state index in [1.807, 2.05) is 48.3 Å². The van der Waals surface area contributed by atoms with Gasteiger partial charge in [-0.3, -0.25) is 0 Å². The molecule has 20 heavy (non-hydrogen) atoms. The fraction of sp³-hybridized carbons (Fsp3) is 0.188. The van der Waals surface area contributed by atoms with Crippen LogP contribution in [0, 0.1) is 11.3 Å². The Labute approximate surface area is 127 Å². The van der Waals surface area contributed by atoms with Gasteiger partial charge in [0.2, 0.25) is 0 Å². The van der Waals surface area contributed by atoms with E-state index < -0.39 is 6.10 Å². The summed E-state index contributed by atoms with van der Waals surface area (Å²) in [6.45, 7) is 1.74. The third-order valence-electron chi connectivity index (χ3n) is 3.18. The average Bonchev–Trinajstić information content (AvgIpc) is 2.46. The summed E-state index contributed by atoms with van der Waals surface area (Å²) >= 11 is 3.48. The summed E-state index contributed by atoms with van der Waals surface area (Å²) < 4.78 is 0.869. The predicted molar refractivity (Wildman–Crippen MR) is 84.0 cm³/mol. The smallest absolute Gasteiger partial charge is 0.0992 e. The van der Waals surface area contributed by atoms with Gasteiger partial charge < -0.3 is 10.0 Å². The van der Waals surface area contributed by atoms with Crippen molar-refractivity contribution in [3.8, 4) is 6.07 Å². The number of rotatable bonds is 3. The summed E-state index contributed by atoms with van der Waals surface area (Å²) in [5.74, 6) is 0. The second-order valence-corrected chi connectivity index (χ2v) is 5.46. The van der Waals surface area contributed by atoms with Gasteiger partial charge in [-0.15, -0.1) is 0 Å². The van der Waals surface area contributed by atoms with E-state index in [4.69, 9.17) is 5.26 Å². The van der Waals surface area contributed by atoms with Gasteiger partial charge in [-0.25, -0.2) is 0 Å². The molecular weight excluding hydrogens is 316 g/mol. The number of aliphatic hydroxyl groups is 1. The van der Waals surface area contributed by atoms with Gasteiger partial charge in [0.15, 0.2) is 0 Å². The molecule has 0 fully saturated rings. The molecule has 3 nitrogen and oxygen atoms in total. The Bertz CT molecular complexity index is 662. The number of aliphatic hydroxyl groups excluding tert-OH is 1. The summed E-state index contributed by atoms with van der Waals surface area (Å²) in [7, 11) is 1.94. The Hall–Kier alpha value is -1.83. The van der Waals surface area contributed by atoms with Crippen molar-refractivity contribution in [2.45, 2.75) is 13.0 Å². The summed E-state index contributed by atoms with van der Waals surface area (Å²) in [6, 6.07) is 15.4. The lowest BCUT2D eigenvalue weighted by Crippen LogP contribution is -2.10. The predicted octanol–water partition coefficient (Wildman–Crippen LogP) is 4.14. The Balaban J connectivity index is 2.36. The van der Waals surface area contributed by atoms with E-state index in [-0.39, 0.29) is 0 Å². The summed E-state index contributed by atoms with van der Waals surface area (Å²) in [4.78, 5) is 2.00. The van der Waals surface area contributed by atoms with Gasteiger partial charge in [-0.2, -0.15) is 5.26 Å². The van der Waals surface area contributed by atoms with Gasteiger partial charge in [0, 0.05) is 22.9 Å². The maximum Gasteiger partial charge on any atom is 0.0992 e. The lowest BCUT2D eigenvalue weighted by Gasteiger charge is -2.21. The van der Waals surface area contributed by atoms with E-state index in [0.717, 1.165) is 21.4 Å². The highest BCUT2D eigenvalue weighted by Crippen LogP contribution is 2.31. The molecule has 0 aromatic heterocycles. The Morgan fingerprint density at radius 1 is 1.20 bits per heavy atom. The first-order chi connectivity index (χ1) is 9.52. The van der Waals surface area contributed by atoms with Crippen LogP contribution in [0.15, 0.2) is 46.9 Å². The molecule has 0 radical (unpaired) electrons. The number of nitriles is 1. The largest absolute Gasteiger partial charge is 0.389 e. The zero-order valence-electron chi connectivity index (χ0n) is 11.3. The van der Waals surface area contributed by atoms with Crippen molar-refractivity contribution < 1.29 is 5.11 Å². The number of hydrogen-bond donors (Lipinski definition) is 1. The highest BCUT2D eigenvalue weighted by Gasteiger charge is 2.10. The van der Waals surface area contributed by atoms with Crippen LogP contribution in [-0.4, -0.2) is 12.2 Å². The number of hydrogen-bond acceptors (Lipinski definition) is 3. The molecule has 0 bridgehead atoms. The van der Waals surface area contributed by atoms with Gasteiger partial charge >= 0.3 is 0 Å². The van der Waals surface area contributed by atoms with E-state index in [1.54, 1.807) is 13.0 Å². The highest BCUT2D eigenvalue weighted by atomic mass is 79.9. The van der Waals surface area contributed by atoms with Crippen molar-refractivity contribution in [3.05, 3.63) is 58.1 Å². The topological polar surface area (TPSA) is 47.3 Å². The fourth-order valence-corrected chi connectivity index (χ4v) is 2.69. The molecule has 0 spiro atoms. The quantitative estimate of drug-likeness (QED) is 0.919. The highest BCUT2D eigenvalue weighted by molar-refractivity contribution is 9.10. The first kappa shape index (κ1) is 14.6. The van der Waals surface area contributed by atoms with Gasteiger partial charge in [-0.05, 0) is 42.8 Å². The molecule has 0 aliphatic carbocycles. The monoisotopic (exact) mass is 330 g/mol. The standard InChI is InChI=1S/C16H15BrN2O/c1-11(20)15-7-6-14(9-16(15)17)19(2)13-5-3-4-12(8-13)10-18/h3-9,11,20H,1-2H3. The van der Waals surface area contributed by atoms with Gasteiger partial charge in [0.05, 0.1) is 17.7 Å².